The molecule has 0 amide bonds. The molecule has 386 valence electrons. The molecule has 3 heterocycles. The zero-order valence-electron chi connectivity index (χ0n) is 45.2. The molecular formula is C52H93IO10SSi3. The molecule has 0 aliphatic carbocycles. The maximum Gasteiger partial charge on any atom is 0.193 e. The van der Waals surface area contributed by atoms with Crippen LogP contribution in [0.3, 0.4) is 0 Å². The molecule has 1 aromatic carbocycles. The topological polar surface area (TPSA) is 116 Å². The number of carbonyl (C=O) groups excluding carboxylic acids is 1. The van der Waals surface area contributed by atoms with E-state index in [1.165, 1.54) is 0 Å². The van der Waals surface area contributed by atoms with Gasteiger partial charge in [-0.25, -0.2) is 8.42 Å². The van der Waals surface area contributed by atoms with Crippen LogP contribution in [0.1, 0.15) is 129 Å². The highest BCUT2D eigenvalue weighted by atomic mass is 127. The molecule has 3 aliphatic rings. The van der Waals surface area contributed by atoms with Crippen LogP contribution in [-0.4, -0.2) is 113 Å². The van der Waals surface area contributed by atoms with E-state index in [0.29, 0.717) is 25.2 Å². The number of ether oxygens (including phenoxy) is 4. The van der Waals surface area contributed by atoms with Crippen molar-refractivity contribution < 1.29 is 45.4 Å². The van der Waals surface area contributed by atoms with E-state index >= 15 is 13.2 Å². The van der Waals surface area contributed by atoms with Gasteiger partial charge in [0.1, 0.15) is 29.7 Å². The lowest BCUT2D eigenvalue weighted by Crippen LogP contribution is -2.69. The lowest BCUT2D eigenvalue weighted by Gasteiger charge is -2.56. The standard InChI is InChI=1S/C52H93IO10SSi3/c1-21-34(2)31-42-36(4)44(43(59-42)32-35(3)57-14)49(64(55,56)38-25-23-22-24-26-38)39(54)33-37-27-28-40-45(58-37)47(62-66(17,18)51(8,9)10)48(63-67(19,20)52(11,12)13)46(60-40)41(29-30-53)61-65(15,16)50(5,6)7/h22-26,29-30,34-37,40-49H,21,27-28,31-33H2,1-20H3/b30-29+/t34-,35?,36+,37-,40+,41+,42-,43+,44?,45+,46+,47+,48-,49?/m1/s1. The van der Waals surface area contributed by atoms with E-state index in [9.17, 15) is 0 Å². The average molecular weight is 1120 g/mol. The Hall–Kier alpha value is -0.319. The molecule has 3 aliphatic heterocycles. The van der Waals surface area contributed by atoms with Crippen LogP contribution in [0.15, 0.2) is 45.4 Å². The van der Waals surface area contributed by atoms with Gasteiger partial charge in [-0.3, -0.25) is 4.79 Å². The SMILES string of the molecule is CC[C@@H](C)C[C@H]1O[C@@H](CC(C)OC)C(C(C(=O)C[C@H]2CC[C@@H]3O[C@@H]([C@H](/C=C/I)O[Si](C)(C)C(C)(C)C)[C@@H](O[Si](C)(C)C(C)(C)C)[C@@H](O[Si](C)(C)C(C)(C)C)[C@H]3O2)S(=O)(=O)c2ccccc2)[C@H]1C. The first-order valence-corrected chi connectivity index (χ1v) is 36.8. The van der Waals surface area contributed by atoms with Crippen molar-refractivity contribution in [3.63, 3.8) is 0 Å². The lowest BCUT2D eigenvalue weighted by atomic mass is 9.79. The van der Waals surface area contributed by atoms with Gasteiger partial charge in [0.2, 0.25) is 0 Å². The Labute approximate surface area is 425 Å². The van der Waals surface area contributed by atoms with E-state index in [2.05, 4.69) is 151 Å². The van der Waals surface area contributed by atoms with Gasteiger partial charge in [0, 0.05) is 19.4 Å². The first kappa shape index (κ1) is 59.2. The van der Waals surface area contributed by atoms with Gasteiger partial charge in [0.25, 0.3) is 0 Å². The molecule has 1 aromatic rings. The van der Waals surface area contributed by atoms with Crippen molar-refractivity contribution in [3.05, 3.63) is 40.5 Å². The van der Waals surface area contributed by atoms with Crippen molar-refractivity contribution >= 4 is 63.2 Å². The number of rotatable bonds is 20. The fraction of sp³-hybridized carbons (Fsp3) is 0.827. The Kier molecular flexibility index (Phi) is 20.2. The second-order valence-corrected chi connectivity index (χ2v) is 42.0. The van der Waals surface area contributed by atoms with Crippen molar-refractivity contribution in [1.82, 2.24) is 0 Å². The number of halogens is 1. The van der Waals surface area contributed by atoms with Gasteiger partial charge < -0.3 is 32.2 Å². The molecule has 3 saturated heterocycles. The maximum absolute atomic E-state index is 15.4. The third-order valence-electron chi connectivity index (χ3n) is 16.9. The highest BCUT2D eigenvalue weighted by Gasteiger charge is 2.59. The summed E-state index contributed by atoms with van der Waals surface area (Å²) in [4.78, 5) is 15.5. The Bertz CT molecular complexity index is 1890. The number of hydrogen-bond donors (Lipinski definition) is 0. The van der Waals surface area contributed by atoms with Crippen molar-refractivity contribution in [3.8, 4) is 0 Å². The minimum absolute atomic E-state index is 0.0484. The minimum Gasteiger partial charge on any atom is -0.408 e. The number of hydrogen-bond acceptors (Lipinski definition) is 10. The van der Waals surface area contributed by atoms with Crippen molar-refractivity contribution in [1.29, 1.82) is 0 Å². The monoisotopic (exact) mass is 1120 g/mol. The van der Waals surface area contributed by atoms with Crippen molar-refractivity contribution in [2.45, 2.75) is 254 Å². The van der Waals surface area contributed by atoms with E-state index in [1.807, 2.05) is 11.0 Å². The van der Waals surface area contributed by atoms with Gasteiger partial charge in [-0.1, -0.05) is 130 Å². The molecule has 10 nitrogen and oxygen atoms in total. The highest BCUT2D eigenvalue weighted by molar-refractivity contribution is 14.1. The van der Waals surface area contributed by atoms with Crippen LogP contribution in [0.4, 0.5) is 0 Å². The minimum atomic E-state index is -4.17. The maximum atomic E-state index is 15.4. The van der Waals surface area contributed by atoms with Gasteiger partial charge in [0.05, 0.1) is 41.5 Å². The fourth-order valence-corrected chi connectivity index (χ4v) is 15.5. The van der Waals surface area contributed by atoms with Gasteiger partial charge in [-0.05, 0) is 121 Å². The summed E-state index contributed by atoms with van der Waals surface area (Å²) in [5.41, 5.74) is 0. The van der Waals surface area contributed by atoms with Gasteiger partial charge in [-0.2, -0.15) is 0 Å². The Morgan fingerprint density at radius 3 is 1.87 bits per heavy atom. The number of methoxy groups -OCH3 is 1. The molecule has 4 rings (SSSR count). The molecule has 14 atom stereocenters. The molecule has 3 unspecified atom stereocenters. The average Bonchev–Trinajstić information content (AvgIpc) is 3.49. The van der Waals surface area contributed by atoms with Crippen LogP contribution in [-0.2, 0) is 46.9 Å². The third-order valence-corrected chi connectivity index (χ3v) is 32.9. The summed E-state index contributed by atoms with van der Waals surface area (Å²) in [5.74, 6) is -0.734. The zero-order chi connectivity index (χ0) is 50.9. The summed E-state index contributed by atoms with van der Waals surface area (Å²) < 4.78 is 81.9. The summed E-state index contributed by atoms with van der Waals surface area (Å²) in [6, 6.07) is 8.47. The summed E-state index contributed by atoms with van der Waals surface area (Å²) in [7, 11) is -9.86. The Balaban J connectivity index is 1.85. The van der Waals surface area contributed by atoms with Crippen LogP contribution in [0.25, 0.3) is 0 Å². The number of ketones is 1. The molecule has 0 bridgehead atoms. The zero-order valence-corrected chi connectivity index (χ0v) is 51.2. The lowest BCUT2D eigenvalue weighted by molar-refractivity contribution is -0.266. The summed E-state index contributed by atoms with van der Waals surface area (Å²) in [6.45, 7) is 42.3. The van der Waals surface area contributed by atoms with Gasteiger partial charge in [-0.15, -0.1) is 0 Å². The van der Waals surface area contributed by atoms with Gasteiger partial charge >= 0.3 is 0 Å². The first-order chi connectivity index (χ1) is 30.6. The Morgan fingerprint density at radius 1 is 0.806 bits per heavy atom. The van der Waals surface area contributed by atoms with Crippen molar-refractivity contribution in [2.75, 3.05) is 7.11 Å². The largest absolute Gasteiger partial charge is 0.408 e. The van der Waals surface area contributed by atoms with E-state index in [4.69, 9.17) is 32.2 Å². The second kappa shape index (κ2) is 22.8. The van der Waals surface area contributed by atoms with E-state index in [0.717, 1.165) is 12.8 Å². The number of fused-ring (bicyclic) bond motifs is 1. The van der Waals surface area contributed by atoms with E-state index < -0.39 is 88.7 Å². The Morgan fingerprint density at radius 2 is 1.36 bits per heavy atom. The van der Waals surface area contributed by atoms with Crippen LogP contribution in [0, 0.1) is 17.8 Å². The van der Waals surface area contributed by atoms with Crippen LogP contribution < -0.4 is 0 Å². The molecule has 0 saturated carbocycles. The van der Waals surface area contributed by atoms with E-state index in [-0.39, 0.29) is 56.4 Å². The predicted molar refractivity (Wildman–Crippen MR) is 289 cm³/mol. The van der Waals surface area contributed by atoms with Crippen LogP contribution >= 0.6 is 22.6 Å². The summed E-state index contributed by atoms with van der Waals surface area (Å²) in [5, 5.41) is -1.65. The molecule has 0 radical (unpaired) electrons. The second-order valence-electron chi connectivity index (χ2n) is 24.9. The molecular weight excluding hydrogens is 1030 g/mol. The van der Waals surface area contributed by atoms with Crippen molar-refractivity contribution in [2.24, 2.45) is 17.8 Å². The predicted octanol–water partition coefficient (Wildman–Crippen LogP) is 13.1. The normalized spacial score (nSPS) is 30.2. The highest BCUT2D eigenvalue weighted by Crippen LogP contribution is 2.49. The molecule has 3 fully saturated rings. The molecule has 67 heavy (non-hydrogen) atoms. The first-order valence-electron chi connectivity index (χ1n) is 25.2. The molecule has 15 heteroatoms. The molecule has 0 N–H and O–H groups in total. The summed E-state index contributed by atoms with van der Waals surface area (Å²) >= 11 is 2.28. The number of carbonyl (C=O) groups is 1. The van der Waals surface area contributed by atoms with Crippen LogP contribution in [0.2, 0.25) is 54.4 Å². The van der Waals surface area contributed by atoms with Crippen LogP contribution in [0.5, 0.6) is 0 Å². The van der Waals surface area contributed by atoms with Gasteiger partial charge in [0.15, 0.2) is 40.6 Å². The molecule has 0 aromatic heterocycles. The molecule has 0 spiro atoms. The third kappa shape index (κ3) is 14.1. The smallest absolute Gasteiger partial charge is 0.193 e. The number of sulfone groups is 1. The summed E-state index contributed by atoms with van der Waals surface area (Å²) in [6.07, 6.45) is 1.06. The van der Waals surface area contributed by atoms with E-state index in [1.54, 1.807) is 37.4 Å². The number of benzene rings is 1. The quantitative estimate of drug-likeness (QED) is 0.0923. The number of Topliss-reactive ketones (excluding diaryl/α,β-unsaturated/α-hetero) is 1. The fourth-order valence-electron chi connectivity index (χ4n) is 9.16.